The van der Waals surface area contributed by atoms with E-state index in [1.165, 1.54) is 18.6 Å². The van der Waals surface area contributed by atoms with Gasteiger partial charge < -0.3 is 4.43 Å². The maximum absolute atomic E-state index is 6.01. The summed E-state index contributed by atoms with van der Waals surface area (Å²) in [4.78, 5) is 0. The Balaban J connectivity index is 2.57. The molecule has 0 saturated heterocycles. The summed E-state index contributed by atoms with van der Waals surface area (Å²) in [7, 11) is -1.38. The molecule has 0 aromatic carbocycles. The molecule has 1 rings (SSSR count). The molecule has 0 amide bonds. The van der Waals surface area contributed by atoms with E-state index in [1.807, 2.05) is 0 Å². The summed E-state index contributed by atoms with van der Waals surface area (Å²) in [6.45, 7) is 11.4. The quantitative estimate of drug-likeness (QED) is 0.611. The average Bonchev–Trinajstić information content (AvgIpc) is 1.79. The highest BCUT2D eigenvalue weighted by atomic mass is 28.4. The predicted molar refractivity (Wildman–Crippen MR) is 60.1 cm³/mol. The maximum atomic E-state index is 6.01. The van der Waals surface area contributed by atoms with Gasteiger partial charge in [0.1, 0.15) is 0 Å². The summed E-state index contributed by atoms with van der Waals surface area (Å²) in [6.07, 6.45) is 5.89. The first kappa shape index (κ1) is 10.8. The molecule has 0 aromatic rings. The molecule has 0 aromatic heterocycles. The van der Waals surface area contributed by atoms with Crippen LogP contribution >= 0.6 is 0 Å². The number of hydrogen-bond acceptors (Lipinski definition) is 1. The first-order chi connectivity index (χ1) is 5.79. The van der Waals surface area contributed by atoms with Gasteiger partial charge in [0.15, 0.2) is 0 Å². The zero-order chi connectivity index (χ0) is 10.1. The van der Waals surface area contributed by atoms with Crippen molar-refractivity contribution in [3.63, 3.8) is 0 Å². The van der Waals surface area contributed by atoms with Crippen LogP contribution in [0.5, 0.6) is 0 Å². The molecule has 1 aliphatic rings. The van der Waals surface area contributed by atoms with Crippen LogP contribution in [-0.2, 0) is 4.43 Å². The summed E-state index contributed by atoms with van der Waals surface area (Å²) >= 11 is 0. The number of rotatable bonds is 2. The standard InChI is InChI=1S/C11H22OSi/c1-11(2)8-6-7-10(9-11)12-13(3,4)5/h7H,6,8-9H2,1-5H3. The van der Waals surface area contributed by atoms with E-state index in [9.17, 15) is 0 Å². The Labute approximate surface area is 83.3 Å². The van der Waals surface area contributed by atoms with E-state index < -0.39 is 8.32 Å². The number of hydrogen-bond donors (Lipinski definition) is 0. The molecule has 0 saturated carbocycles. The smallest absolute Gasteiger partial charge is 0.241 e. The lowest BCUT2D eigenvalue weighted by Gasteiger charge is -2.32. The normalized spacial score (nSPS) is 22.4. The van der Waals surface area contributed by atoms with Crippen molar-refractivity contribution in [3.8, 4) is 0 Å². The lowest BCUT2D eigenvalue weighted by atomic mass is 9.80. The summed E-state index contributed by atoms with van der Waals surface area (Å²) in [5, 5.41) is 0. The second-order valence-corrected chi connectivity index (χ2v) is 10.2. The fourth-order valence-corrected chi connectivity index (χ4v) is 2.67. The largest absolute Gasteiger partial charge is 0.548 e. The summed E-state index contributed by atoms with van der Waals surface area (Å²) in [5.74, 6) is 1.25. The minimum atomic E-state index is -1.38. The molecule has 0 atom stereocenters. The predicted octanol–water partition coefficient (Wildman–Crippen LogP) is 3.93. The van der Waals surface area contributed by atoms with Crippen LogP contribution in [-0.4, -0.2) is 8.32 Å². The Morgan fingerprint density at radius 2 is 1.92 bits per heavy atom. The fourth-order valence-electron chi connectivity index (χ4n) is 1.73. The maximum Gasteiger partial charge on any atom is 0.241 e. The Hall–Kier alpha value is -0.243. The molecule has 0 N–H and O–H groups in total. The molecule has 1 aliphatic carbocycles. The van der Waals surface area contributed by atoms with Gasteiger partial charge in [-0.15, -0.1) is 0 Å². The van der Waals surface area contributed by atoms with Gasteiger partial charge in [0.2, 0.25) is 8.32 Å². The van der Waals surface area contributed by atoms with Crippen LogP contribution in [0.2, 0.25) is 19.6 Å². The van der Waals surface area contributed by atoms with Crippen molar-refractivity contribution in [3.05, 3.63) is 11.8 Å². The monoisotopic (exact) mass is 198 g/mol. The van der Waals surface area contributed by atoms with Crippen molar-refractivity contribution >= 4 is 8.32 Å². The topological polar surface area (TPSA) is 9.23 Å². The van der Waals surface area contributed by atoms with E-state index >= 15 is 0 Å². The van der Waals surface area contributed by atoms with E-state index in [0.29, 0.717) is 5.41 Å². The first-order valence-electron chi connectivity index (χ1n) is 5.17. The van der Waals surface area contributed by atoms with Crippen LogP contribution < -0.4 is 0 Å². The Kier molecular flexibility index (Phi) is 2.90. The van der Waals surface area contributed by atoms with E-state index in [4.69, 9.17) is 4.43 Å². The third-order valence-electron chi connectivity index (χ3n) is 2.28. The Morgan fingerprint density at radius 3 is 2.38 bits per heavy atom. The van der Waals surface area contributed by atoms with E-state index in [0.717, 1.165) is 6.42 Å². The molecule has 76 valence electrons. The van der Waals surface area contributed by atoms with Gasteiger partial charge >= 0.3 is 0 Å². The highest BCUT2D eigenvalue weighted by molar-refractivity contribution is 6.70. The van der Waals surface area contributed by atoms with Gasteiger partial charge in [-0.2, -0.15) is 0 Å². The molecular weight excluding hydrogens is 176 g/mol. The third-order valence-corrected chi connectivity index (χ3v) is 3.16. The lowest BCUT2D eigenvalue weighted by Crippen LogP contribution is -2.28. The van der Waals surface area contributed by atoms with E-state index in [-0.39, 0.29) is 0 Å². The molecule has 0 radical (unpaired) electrons. The zero-order valence-electron chi connectivity index (χ0n) is 9.61. The van der Waals surface area contributed by atoms with E-state index in [2.05, 4.69) is 39.6 Å². The Morgan fingerprint density at radius 1 is 1.31 bits per heavy atom. The van der Waals surface area contributed by atoms with Crippen molar-refractivity contribution in [2.24, 2.45) is 5.41 Å². The van der Waals surface area contributed by atoms with Crippen LogP contribution in [0.15, 0.2) is 11.8 Å². The molecular formula is C11H22OSi. The molecule has 1 nitrogen and oxygen atoms in total. The van der Waals surface area contributed by atoms with Gasteiger partial charge in [-0.05, 0) is 44.0 Å². The van der Waals surface area contributed by atoms with Crippen molar-refractivity contribution in [1.29, 1.82) is 0 Å². The first-order valence-corrected chi connectivity index (χ1v) is 8.57. The molecule has 0 fully saturated rings. The SMILES string of the molecule is CC1(C)CCC=C(O[Si](C)(C)C)C1. The van der Waals surface area contributed by atoms with E-state index in [1.54, 1.807) is 0 Å². The van der Waals surface area contributed by atoms with Gasteiger partial charge in [-0.1, -0.05) is 13.8 Å². The van der Waals surface area contributed by atoms with Crippen LogP contribution in [0.3, 0.4) is 0 Å². The van der Waals surface area contributed by atoms with Crippen molar-refractivity contribution in [2.45, 2.75) is 52.8 Å². The minimum absolute atomic E-state index is 0.448. The fraction of sp³-hybridized carbons (Fsp3) is 0.818. The van der Waals surface area contributed by atoms with Crippen LogP contribution in [0, 0.1) is 5.41 Å². The Bertz CT molecular complexity index is 211. The highest BCUT2D eigenvalue weighted by Crippen LogP contribution is 2.36. The molecule has 0 heterocycles. The third kappa shape index (κ3) is 3.99. The molecule has 0 aliphatic heterocycles. The molecule has 0 unspecified atom stereocenters. The van der Waals surface area contributed by atoms with Gasteiger partial charge in [0, 0.05) is 6.42 Å². The average molecular weight is 198 g/mol. The molecule has 0 spiro atoms. The van der Waals surface area contributed by atoms with Gasteiger partial charge in [-0.3, -0.25) is 0 Å². The second kappa shape index (κ2) is 3.49. The second-order valence-electron chi connectivity index (χ2n) is 5.76. The lowest BCUT2D eigenvalue weighted by molar-refractivity contribution is 0.255. The van der Waals surface area contributed by atoms with Crippen LogP contribution in [0.25, 0.3) is 0 Å². The van der Waals surface area contributed by atoms with Crippen molar-refractivity contribution in [2.75, 3.05) is 0 Å². The van der Waals surface area contributed by atoms with Gasteiger partial charge in [0.25, 0.3) is 0 Å². The molecule has 13 heavy (non-hydrogen) atoms. The van der Waals surface area contributed by atoms with Crippen LogP contribution in [0.4, 0.5) is 0 Å². The molecule has 0 bridgehead atoms. The molecule has 2 heteroatoms. The minimum Gasteiger partial charge on any atom is -0.548 e. The van der Waals surface area contributed by atoms with Crippen molar-refractivity contribution in [1.82, 2.24) is 0 Å². The summed E-state index contributed by atoms with van der Waals surface area (Å²) in [5.41, 5.74) is 0.448. The summed E-state index contributed by atoms with van der Waals surface area (Å²) < 4.78 is 6.01. The highest BCUT2D eigenvalue weighted by Gasteiger charge is 2.26. The summed E-state index contributed by atoms with van der Waals surface area (Å²) in [6, 6.07) is 0. The number of allylic oxidation sites excluding steroid dienone is 2. The van der Waals surface area contributed by atoms with Crippen molar-refractivity contribution < 1.29 is 4.43 Å². The van der Waals surface area contributed by atoms with Crippen LogP contribution in [0.1, 0.15) is 33.1 Å². The van der Waals surface area contributed by atoms with Gasteiger partial charge in [0.05, 0.1) is 5.76 Å². The zero-order valence-corrected chi connectivity index (χ0v) is 10.6. The van der Waals surface area contributed by atoms with Gasteiger partial charge in [-0.25, -0.2) is 0 Å².